The molecule has 2 nitrogen and oxygen atoms in total. The molecule has 1 aromatic rings. The van der Waals surface area contributed by atoms with E-state index in [4.69, 9.17) is 0 Å². The van der Waals surface area contributed by atoms with Crippen molar-refractivity contribution in [3.63, 3.8) is 0 Å². The molecule has 3 atom stereocenters. The van der Waals surface area contributed by atoms with Gasteiger partial charge in [0.25, 0.3) is 0 Å². The Balaban J connectivity index is 0.00000133. The molecule has 1 N–H and O–H groups in total. The second-order valence-electron chi connectivity index (χ2n) is 6.35. The normalized spacial score (nSPS) is 34.6. The van der Waals surface area contributed by atoms with Gasteiger partial charge in [0.1, 0.15) is 5.75 Å². The van der Waals surface area contributed by atoms with Gasteiger partial charge in [0.05, 0.1) is 0 Å². The van der Waals surface area contributed by atoms with Gasteiger partial charge in [-0.1, -0.05) is 19.1 Å². The van der Waals surface area contributed by atoms with Crippen LogP contribution in [0.2, 0.25) is 0 Å². The van der Waals surface area contributed by atoms with E-state index in [1.54, 1.807) is 6.07 Å². The van der Waals surface area contributed by atoms with Crippen LogP contribution in [0.25, 0.3) is 0 Å². The molecule has 19 heavy (non-hydrogen) atoms. The van der Waals surface area contributed by atoms with Crippen molar-refractivity contribution in [2.75, 3.05) is 13.6 Å². The summed E-state index contributed by atoms with van der Waals surface area (Å²) in [4.78, 5) is 2.53. The fourth-order valence-corrected chi connectivity index (χ4v) is 4.02. The Morgan fingerprint density at radius 2 is 2.11 bits per heavy atom. The van der Waals surface area contributed by atoms with Crippen LogP contribution < -0.4 is 0 Å². The quantitative estimate of drug-likeness (QED) is 0.850. The number of piperidine rings is 1. The molecule has 0 aromatic heterocycles. The van der Waals surface area contributed by atoms with Gasteiger partial charge in [-0.2, -0.15) is 0 Å². The fraction of sp³-hybridized carbons (Fsp3) is 0.625. The Kier molecular flexibility index (Phi) is 4.26. The first-order valence-corrected chi connectivity index (χ1v) is 7.10. The molecule has 2 fully saturated rings. The second kappa shape index (κ2) is 5.45. The zero-order chi connectivity index (χ0) is 12.8. The Labute approximate surface area is 126 Å². The van der Waals surface area contributed by atoms with Crippen LogP contribution in [-0.4, -0.2) is 29.6 Å². The highest BCUT2D eigenvalue weighted by Crippen LogP contribution is 2.48. The third-order valence-electron chi connectivity index (χ3n) is 5.30. The third-order valence-corrected chi connectivity index (χ3v) is 5.30. The molecule has 1 aliphatic heterocycles. The Hall–Kier alpha value is -0.540. The summed E-state index contributed by atoms with van der Waals surface area (Å²) in [5.74, 6) is 1.22. The van der Waals surface area contributed by atoms with Crippen molar-refractivity contribution in [2.24, 2.45) is 5.92 Å². The van der Waals surface area contributed by atoms with Gasteiger partial charge in [0.15, 0.2) is 0 Å². The van der Waals surface area contributed by atoms with Crippen LogP contribution in [0.5, 0.6) is 5.75 Å². The topological polar surface area (TPSA) is 23.5 Å². The molecule has 106 valence electrons. The highest BCUT2D eigenvalue weighted by Gasteiger charge is 2.45. The smallest absolute Gasteiger partial charge is 0.115 e. The Bertz CT molecular complexity index is 434. The summed E-state index contributed by atoms with van der Waals surface area (Å²) in [6.45, 7) is 3.57. The summed E-state index contributed by atoms with van der Waals surface area (Å²) in [7, 11) is 2.26. The fourth-order valence-electron chi connectivity index (χ4n) is 4.02. The van der Waals surface area contributed by atoms with E-state index in [-0.39, 0.29) is 17.0 Å². The molecule has 1 saturated heterocycles. The number of phenols is 1. The molecular formula is C16H24BrNO. The van der Waals surface area contributed by atoms with Crippen molar-refractivity contribution in [3.05, 3.63) is 29.8 Å². The molecule has 0 radical (unpaired) electrons. The van der Waals surface area contributed by atoms with Crippen LogP contribution >= 0.6 is 17.0 Å². The Morgan fingerprint density at radius 3 is 2.84 bits per heavy atom. The highest BCUT2D eigenvalue weighted by atomic mass is 79.9. The number of nitrogens with zero attached hydrogens (tertiary/aromatic N) is 1. The summed E-state index contributed by atoms with van der Waals surface area (Å²) in [5.41, 5.74) is 1.68. The highest BCUT2D eigenvalue weighted by molar-refractivity contribution is 8.93. The largest absolute Gasteiger partial charge is 0.508 e. The first-order chi connectivity index (χ1) is 8.61. The summed E-state index contributed by atoms with van der Waals surface area (Å²) in [6.07, 6.45) is 5.08. The maximum atomic E-state index is 9.73. The first-order valence-electron chi connectivity index (χ1n) is 7.10. The van der Waals surface area contributed by atoms with Gasteiger partial charge in [0.2, 0.25) is 0 Å². The van der Waals surface area contributed by atoms with Crippen LogP contribution in [0, 0.1) is 5.92 Å². The lowest BCUT2D eigenvalue weighted by Crippen LogP contribution is -2.53. The molecule has 2 aliphatic rings. The zero-order valence-corrected chi connectivity index (χ0v) is 13.5. The summed E-state index contributed by atoms with van der Waals surface area (Å²) < 4.78 is 0. The van der Waals surface area contributed by atoms with Crippen molar-refractivity contribution in [1.29, 1.82) is 0 Å². The van der Waals surface area contributed by atoms with Crippen molar-refractivity contribution in [2.45, 2.75) is 44.1 Å². The molecule has 0 spiro atoms. The van der Waals surface area contributed by atoms with Crippen LogP contribution in [0.1, 0.15) is 38.2 Å². The van der Waals surface area contributed by atoms with Crippen LogP contribution in [-0.2, 0) is 5.41 Å². The lowest BCUT2D eigenvalue weighted by atomic mass is 9.61. The number of aromatic hydroxyl groups is 1. The van der Waals surface area contributed by atoms with E-state index in [1.807, 2.05) is 12.1 Å². The zero-order valence-electron chi connectivity index (χ0n) is 11.8. The van der Waals surface area contributed by atoms with Gasteiger partial charge < -0.3 is 10.0 Å². The number of phenolic OH excluding ortho intramolecular Hbond substituents is 1. The third kappa shape index (κ3) is 2.55. The van der Waals surface area contributed by atoms with E-state index >= 15 is 0 Å². The minimum absolute atomic E-state index is 0. The lowest BCUT2D eigenvalue weighted by molar-refractivity contribution is 0.0353. The molecule has 1 heterocycles. The maximum absolute atomic E-state index is 9.73. The van der Waals surface area contributed by atoms with Gasteiger partial charge in [-0.25, -0.2) is 0 Å². The van der Waals surface area contributed by atoms with Gasteiger partial charge in [-0.3, -0.25) is 0 Å². The minimum atomic E-state index is 0. The van der Waals surface area contributed by atoms with Gasteiger partial charge >= 0.3 is 0 Å². The summed E-state index contributed by atoms with van der Waals surface area (Å²) in [5, 5.41) is 9.73. The standard InChI is InChI=1S/C16H23NO.BrH/c1-12-6-7-16(8-9-17(2)15(12)11-16)13-4-3-5-14(18)10-13;/h3-5,10,12,15,18H,6-9,11H2,1-2H3;1H/t12-,15-,16+;/m0./s1. The number of likely N-dealkylation sites (tertiary alicyclic amines) is 1. The first kappa shape index (κ1) is 14.9. The van der Waals surface area contributed by atoms with Gasteiger partial charge in [-0.15, -0.1) is 17.0 Å². The SMILES string of the molecule is Br.C[C@H]1CC[C@@]2(c3cccc(O)c3)CCN(C)[C@H]1C2. The molecule has 1 aromatic carbocycles. The number of hydrogen-bond acceptors (Lipinski definition) is 2. The molecule has 2 bridgehead atoms. The molecule has 0 amide bonds. The van der Waals surface area contributed by atoms with E-state index in [1.165, 1.54) is 37.8 Å². The van der Waals surface area contributed by atoms with Crippen molar-refractivity contribution in [3.8, 4) is 5.75 Å². The number of fused-ring (bicyclic) bond motifs is 2. The number of halogens is 1. The maximum Gasteiger partial charge on any atom is 0.115 e. The second-order valence-corrected chi connectivity index (χ2v) is 6.35. The van der Waals surface area contributed by atoms with Gasteiger partial charge in [0, 0.05) is 6.04 Å². The molecule has 1 aliphatic carbocycles. The Morgan fingerprint density at radius 1 is 1.32 bits per heavy atom. The molecule has 3 heteroatoms. The molecular weight excluding hydrogens is 302 g/mol. The van der Waals surface area contributed by atoms with Crippen molar-refractivity contribution in [1.82, 2.24) is 4.90 Å². The van der Waals surface area contributed by atoms with Gasteiger partial charge in [-0.05, 0) is 68.3 Å². The van der Waals surface area contributed by atoms with E-state index in [0.29, 0.717) is 11.2 Å². The van der Waals surface area contributed by atoms with Crippen LogP contribution in [0.15, 0.2) is 24.3 Å². The van der Waals surface area contributed by atoms with Crippen LogP contribution in [0.4, 0.5) is 0 Å². The van der Waals surface area contributed by atoms with Crippen molar-refractivity contribution >= 4 is 17.0 Å². The average molecular weight is 326 g/mol. The number of rotatable bonds is 1. The predicted octanol–water partition coefficient (Wildman–Crippen LogP) is 3.73. The monoisotopic (exact) mass is 325 g/mol. The van der Waals surface area contributed by atoms with E-state index < -0.39 is 0 Å². The number of hydrogen-bond donors (Lipinski definition) is 1. The number of benzene rings is 1. The average Bonchev–Trinajstić information content (AvgIpc) is 2.38. The molecule has 3 rings (SSSR count). The van der Waals surface area contributed by atoms with Crippen LogP contribution in [0.3, 0.4) is 0 Å². The van der Waals surface area contributed by atoms with Crippen molar-refractivity contribution < 1.29 is 5.11 Å². The minimum Gasteiger partial charge on any atom is -0.508 e. The van der Waals surface area contributed by atoms with E-state index in [9.17, 15) is 5.11 Å². The van der Waals surface area contributed by atoms with E-state index in [2.05, 4.69) is 24.9 Å². The summed E-state index contributed by atoms with van der Waals surface area (Å²) in [6, 6.07) is 8.68. The predicted molar refractivity (Wildman–Crippen MR) is 84.2 cm³/mol. The molecule has 1 saturated carbocycles. The summed E-state index contributed by atoms with van der Waals surface area (Å²) >= 11 is 0. The van der Waals surface area contributed by atoms with E-state index in [0.717, 1.165) is 12.0 Å². The lowest BCUT2D eigenvalue weighted by Gasteiger charge is -2.52. The molecule has 0 unspecified atom stereocenters.